The number of halogens is 1. The zero-order valence-corrected chi connectivity index (χ0v) is 16.1. The number of amides is 2. The van der Waals surface area contributed by atoms with E-state index in [0.717, 1.165) is 6.07 Å². The fourth-order valence-electron chi connectivity index (χ4n) is 2.64. The minimum Gasteiger partial charge on any atom is -0.452 e. The summed E-state index contributed by atoms with van der Waals surface area (Å²) in [4.78, 5) is 38.2. The van der Waals surface area contributed by atoms with Gasteiger partial charge in [0.25, 0.3) is 11.8 Å². The Morgan fingerprint density at radius 1 is 1.07 bits per heavy atom. The summed E-state index contributed by atoms with van der Waals surface area (Å²) in [6.07, 6.45) is 0. The molecule has 28 heavy (non-hydrogen) atoms. The highest BCUT2D eigenvalue weighted by molar-refractivity contribution is 5.98. The van der Waals surface area contributed by atoms with Crippen molar-refractivity contribution in [2.75, 3.05) is 25.0 Å². The highest BCUT2D eigenvalue weighted by Crippen LogP contribution is 2.14. The molecule has 2 aromatic rings. The van der Waals surface area contributed by atoms with Gasteiger partial charge in [-0.1, -0.05) is 12.1 Å². The largest absolute Gasteiger partial charge is 0.452 e. The summed E-state index contributed by atoms with van der Waals surface area (Å²) < 4.78 is 18.2. The van der Waals surface area contributed by atoms with Crippen LogP contribution in [0.4, 0.5) is 10.1 Å². The first-order chi connectivity index (χ1) is 13.3. The third kappa shape index (κ3) is 5.39. The Labute approximate surface area is 163 Å². The molecule has 7 heteroatoms. The summed E-state index contributed by atoms with van der Waals surface area (Å²) in [6, 6.07) is 10.3. The van der Waals surface area contributed by atoms with Crippen LogP contribution in [0.25, 0.3) is 0 Å². The maximum absolute atomic E-state index is 13.3. The van der Waals surface area contributed by atoms with Gasteiger partial charge < -0.3 is 15.0 Å². The molecule has 0 unspecified atom stereocenters. The lowest BCUT2D eigenvalue weighted by atomic mass is 10.1. The van der Waals surface area contributed by atoms with E-state index in [-0.39, 0.29) is 11.5 Å². The van der Waals surface area contributed by atoms with Crippen molar-refractivity contribution >= 4 is 23.5 Å². The number of nitrogens with one attached hydrogen (secondary N) is 1. The normalized spacial score (nSPS) is 10.3. The van der Waals surface area contributed by atoms with Crippen LogP contribution in [0.1, 0.15) is 40.1 Å². The Morgan fingerprint density at radius 2 is 1.79 bits per heavy atom. The van der Waals surface area contributed by atoms with Gasteiger partial charge in [-0.15, -0.1) is 0 Å². The minimum atomic E-state index is -0.780. The first-order valence-electron chi connectivity index (χ1n) is 8.98. The molecule has 1 N–H and O–H groups in total. The van der Waals surface area contributed by atoms with E-state index < -0.39 is 24.3 Å². The summed E-state index contributed by atoms with van der Waals surface area (Å²) in [5, 5.41) is 2.58. The summed E-state index contributed by atoms with van der Waals surface area (Å²) >= 11 is 0. The van der Waals surface area contributed by atoms with Gasteiger partial charge in [0.15, 0.2) is 6.61 Å². The molecular weight excluding hydrogens is 363 g/mol. The standard InChI is InChI=1S/C21H23FN2O4/c1-4-24(5-2)20(26)15-7-6-8-17(11-15)23-19(25)13-28-21(27)18-12-16(22)10-9-14(18)3/h6-12H,4-5,13H2,1-3H3,(H,23,25). The van der Waals surface area contributed by atoms with Crippen LogP contribution in [0.3, 0.4) is 0 Å². The zero-order valence-electron chi connectivity index (χ0n) is 16.1. The Hall–Kier alpha value is -3.22. The van der Waals surface area contributed by atoms with Crippen molar-refractivity contribution in [1.29, 1.82) is 0 Å². The quantitative estimate of drug-likeness (QED) is 0.740. The van der Waals surface area contributed by atoms with Crippen LogP contribution in [-0.2, 0) is 9.53 Å². The minimum absolute atomic E-state index is 0.0691. The average molecular weight is 386 g/mol. The van der Waals surface area contributed by atoms with Gasteiger partial charge >= 0.3 is 5.97 Å². The molecule has 2 rings (SSSR count). The number of rotatable bonds is 7. The smallest absolute Gasteiger partial charge is 0.339 e. The van der Waals surface area contributed by atoms with E-state index in [4.69, 9.17) is 4.74 Å². The van der Waals surface area contributed by atoms with Crippen LogP contribution >= 0.6 is 0 Å². The summed E-state index contributed by atoms with van der Waals surface area (Å²) in [7, 11) is 0. The van der Waals surface area contributed by atoms with E-state index in [1.54, 1.807) is 36.1 Å². The molecule has 0 aromatic heterocycles. The molecule has 0 radical (unpaired) electrons. The highest BCUT2D eigenvalue weighted by atomic mass is 19.1. The van der Waals surface area contributed by atoms with Crippen LogP contribution in [0.2, 0.25) is 0 Å². The third-order valence-corrected chi connectivity index (χ3v) is 4.20. The van der Waals surface area contributed by atoms with Crippen LogP contribution in [-0.4, -0.2) is 42.4 Å². The van der Waals surface area contributed by atoms with Crippen LogP contribution in [0.15, 0.2) is 42.5 Å². The SMILES string of the molecule is CCN(CC)C(=O)c1cccc(NC(=O)COC(=O)c2cc(F)ccc2C)c1. The summed E-state index contributed by atoms with van der Waals surface area (Å²) in [5.41, 5.74) is 1.49. The van der Waals surface area contributed by atoms with E-state index in [9.17, 15) is 18.8 Å². The molecule has 2 amide bonds. The second-order valence-corrected chi connectivity index (χ2v) is 6.14. The average Bonchev–Trinajstić information content (AvgIpc) is 2.69. The van der Waals surface area contributed by atoms with Gasteiger partial charge in [0, 0.05) is 24.3 Å². The molecular formula is C21H23FN2O4. The highest BCUT2D eigenvalue weighted by Gasteiger charge is 2.15. The maximum Gasteiger partial charge on any atom is 0.339 e. The topological polar surface area (TPSA) is 75.7 Å². The van der Waals surface area contributed by atoms with E-state index in [2.05, 4.69) is 5.32 Å². The zero-order chi connectivity index (χ0) is 20.7. The Kier molecular flexibility index (Phi) is 7.26. The van der Waals surface area contributed by atoms with Crippen molar-refractivity contribution in [2.45, 2.75) is 20.8 Å². The van der Waals surface area contributed by atoms with Crippen LogP contribution < -0.4 is 5.32 Å². The molecule has 2 aromatic carbocycles. The number of ether oxygens (including phenoxy) is 1. The number of aryl methyl sites for hydroxylation is 1. The van der Waals surface area contributed by atoms with Crippen molar-refractivity contribution in [3.63, 3.8) is 0 Å². The van der Waals surface area contributed by atoms with Crippen molar-refractivity contribution < 1.29 is 23.5 Å². The second-order valence-electron chi connectivity index (χ2n) is 6.14. The molecule has 0 saturated carbocycles. The Balaban J connectivity index is 1.98. The Bertz CT molecular complexity index is 878. The van der Waals surface area contributed by atoms with Gasteiger partial charge in [-0.3, -0.25) is 9.59 Å². The lowest BCUT2D eigenvalue weighted by molar-refractivity contribution is -0.119. The van der Waals surface area contributed by atoms with E-state index in [1.165, 1.54) is 12.1 Å². The third-order valence-electron chi connectivity index (χ3n) is 4.20. The van der Waals surface area contributed by atoms with Crippen molar-refractivity contribution in [2.24, 2.45) is 0 Å². The van der Waals surface area contributed by atoms with Crippen LogP contribution in [0.5, 0.6) is 0 Å². The van der Waals surface area contributed by atoms with Gasteiger partial charge in [-0.25, -0.2) is 9.18 Å². The predicted octanol–water partition coefficient (Wildman–Crippen LogP) is 3.41. The van der Waals surface area contributed by atoms with Gasteiger partial charge in [-0.05, 0) is 56.7 Å². The van der Waals surface area contributed by atoms with E-state index in [0.29, 0.717) is 29.9 Å². The van der Waals surface area contributed by atoms with E-state index in [1.807, 2.05) is 13.8 Å². The fourth-order valence-corrected chi connectivity index (χ4v) is 2.64. The maximum atomic E-state index is 13.3. The predicted molar refractivity (Wildman–Crippen MR) is 104 cm³/mol. The number of carbonyl (C=O) groups is 3. The molecule has 0 spiro atoms. The first kappa shape index (κ1) is 21.1. The van der Waals surface area contributed by atoms with Crippen molar-refractivity contribution in [3.8, 4) is 0 Å². The molecule has 0 bridgehead atoms. The van der Waals surface area contributed by atoms with Gasteiger partial charge in [-0.2, -0.15) is 0 Å². The lowest BCUT2D eigenvalue weighted by Crippen LogP contribution is -2.30. The molecule has 0 heterocycles. The summed E-state index contributed by atoms with van der Waals surface area (Å²) in [6.45, 7) is 6.07. The molecule has 0 fully saturated rings. The molecule has 148 valence electrons. The first-order valence-corrected chi connectivity index (χ1v) is 8.98. The fraction of sp³-hybridized carbons (Fsp3) is 0.286. The van der Waals surface area contributed by atoms with Gasteiger partial charge in [0.05, 0.1) is 5.56 Å². The number of benzene rings is 2. The summed E-state index contributed by atoms with van der Waals surface area (Å²) in [5.74, 6) is -2.03. The monoisotopic (exact) mass is 386 g/mol. The molecule has 6 nitrogen and oxygen atoms in total. The Morgan fingerprint density at radius 3 is 2.46 bits per heavy atom. The molecule has 0 aliphatic rings. The van der Waals surface area contributed by atoms with Gasteiger partial charge in [0.2, 0.25) is 0 Å². The van der Waals surface area contributed by atoms with Crippen LogP contribution in [0, 0.1) is 12.7 Å². The van der Waals surface area contributed by atoms with E-state index >= 15 is 0 Å². The number of hydrogen-bond acceptors (Lipinski definition) is 4. The molecule has 0 aliphatic carbocycles. The number of carbonyl (C=O) groups excluding carboxylic acids is 3. The van der Waals surface area contributed by atoms with Gasteiger partial charge in [0.1, 0.15) is 5.82 Å². The molecule has 0 aliphatic heterocycles. The number of nitrogens with zero attached hydrogens (tertiary/aromatic N) is 1. The lowest BCUT2D eigenvalue weighted by Gasteiger charge is -2.19. The second kappa shape index (κ2) is 9.64. The number of anilines is 1. The number of hydrogen-bond donors (Lipinski definition) is 1. The van der Waals surface area contributed by atoms with Crippen molar-refractivity contribution in [3.05, 3.63) is 65.0 Å². The van der Waals surface area contributed by atoms with Crippen molar-refractivity contribution in [1.82, 2.24) is 4.90 Å². The number of esters is 1. The molecule has 0 saturated heterocycles. The molecule has 0 atom stereocenters.